The van der Waals surface area contributed by atoms with E-state index in [-0.39, 0.29) is 5.91 Å². The molecule has 0 bridgehead atoms. The number of rotatable bonds is 4. The maximum atomic E-state index is 12.2. The molecule has 2 aromatic heterocycles. The Bertz CT molecular complexity index is 857. The molecule has 1 amide bonds. The van der Waals surface area contributed by atoms with E-state index in [1.165, 1.54) is 11.3 Å². The van der Waals surface area contributed by atoms with E-state index in [2.05, 4.69) is 10.4 Å². The van der Waals surface area contributed by atoms with Crippen molar-refractivity contribution in [2.75, 3.05) is 5.32 Å². The molecule has 0 aliphatic heterocycles. The molecular weight excluding hydrogens is 353 g/mol. The predicted molar refractivity (Wildman–Crippen MR) is 94.8 cm³/mol. The minimum atomic E-state index is -0.124. The molecule has 4 nitrogen and oxygen atoms in total. The Morgan fingerprint density at radius 1 is 1.35 bits per heavy atom. The number of aromatic nitrogens is 2. The molecule has 0 atom stereocenters. The van der Waals surface area contributed by atoms with Crippen LogP contribution in [0.2, 0.25) is 10.0 Å². The highest BCUT2D eigenvalue weighted by molar-refractivity contribution is 7.12. The van der Waals surface area contributed by atoms with Gasteiger partial charge in [0, 0.05) is 16.2 Å². The van der Waals surface area contributed by atoms with Gasteiger partial charge in [-0.1, -0.05) is 29.3 Å². The molecule has 3 aromatic rings. The SMILES string of the molecule is Cc1ccsc1C(=O)Nc1cnn(Cc2ccc(Cl)cc2Cl)c1. The van der Waals surface area contributed by atoms with Crippen LogP contribution in [0.3, 0.4) is 0 Å². The van der Waals surface area contributed by atoms with Crippen molar-refractivity contribution < 1.29 is 4.79 Å². The third-order valence-electron chi connectivity index (χ3n) is 3.31. The van der Waals surface area contributed by atoms with Gasteiger partial charge >= 0.3 is 0 Å². The van der Waals surface area contributed by atoms with Gasteiger partial charge in [0.1, 0.15) is 0 Å². The average Bonchev–Trinajstić information content (AvgIpc) is 3.11. The second kappa shape index (κ2) is 6.74. The first-order valence-corrected chi connectivity index (χ1v) is 8.48. The summed E-state index contributed by atoms with van der Waals surface area (Å²) in [5.74, 6) is -0.124. The van der Waals surface area contributed by atoms with Gasteiger partial charge in [-0.25, -0.2) is 0 Å². The van der Waals surface area contributed by atoms with Crippen LogP contribution in [0, 0.1) is 6.92 Å². The number of carbonyl (C=O) groups excluding carboxylic acids is 1. The summed E-state index contributed by atoms with van der Waals surface area (Å²) in [4.78, 5) is 12.9. The molecule has 3 rings (SSSR count). The third-order valence-corrected chi connectivity index (χ3v) is 4.91. The van der Waals surface area contributed by atoms with Gasteiger partial charge in [0.05, 0.1) is 23.3 Å². The van der Waals surface area contributed by atoms with E-state index in [4.69, 9.17) is 23.2 Å². The number of benzene rings is 1. The van der Waals surface area contributed by atoms with Gasteiger partial charge in [-0.15, -0.1) is 11.3 Å². The number of carbonyl (C=O) groups is 1. The summed E-state index contributed by atoms with van der Waals surface area (Å²) in [7, 11) is 0. The van der Waals surface area contributed by atoms with Crippen LogP contribution in [0.4, 0.5) is 5.69 Å². The monoisotopic (exact) mass is 365 g/mol. The largest absolute Gasteiger partial charge is 0.319 e. The Labute approximate surface area is 147 Å². The summed E-state index contributed by atoms with van der Waals surface area (Å²) in [5, 5.41) is 10.2. The van der Waals surface area contributed by atoms with Crippen molar-refractivity contribution in [2.24, 2.45) is 0 Å². The molecule has 0 saturated heterocycles. The fourth-order valence-corrected chi connectivity index (χ4v) is 3.42. The van der Waals surface area contributed by atoms with Crippen LogP contribution in [-0.4, -0.2) is 15.7 Å². The fraction of sp³-hybridized carbons (Fsp3) is 0.125. The molecule has 7 heteroatoms. The van der Waals surface area contributed by atoms with E-state index in [0.29, 0.717) is 27.2 Å². The Hall–Kier alpha value is -1.82. The van der Waals surface area contributed by atoms with E-state index in [1.54, 1.807) is 29.2 Å². The zero-order chi connectivity index (χ0) is 16.4. The highest BCUT2D eigenvalue weighted by Gasteiger charge is 2.12. The van der Waals surface area contributed by atoms with Gasteiger partial charge < -0.3 is 5.32 Å². The highest BCUT2D eigenvalue weighted by atomic mass is 35.5. The minimum absolute atomic E-state index is 0.124. The zero-order valence-corrected chi connectivity index (χ0v) is 14.5. The quantitative estimate of drug-likeness (QED) is 0.717. The second-order valence-electron chi connectivity index (χ2n) is 5.05. The standard InChI is InChI=1S/C16H13Cl2N3OS/c1-10-4-5-23-15(10)16(22)20-13-7-19-21(9-13)8-11-2-3-12(17)6-14(11)18/h2-7,9H,8H2,1H3,(H,20,22). The third kappa shape index (κ3) is 3.75. The van der Waals surface area contributed by atoms with E-state index in [1.807, 2.05) is 24.4 Å². The van der Waals surface area contributed by atoms with E-state index in [9.17, 15) is 4.79 Å². The predicted octanol–water partition coefficient (Wildman–Crippen LogP) is 4.86. The van der Waals surface area contributed by atoms with Gasteiger partial charge in [-0.05, 0) is 41.6 Å². The van der Waals surface area contributed by atoms with Gasteiger partial charge in [0.15, 0.2) is 0 Å². The average molecular weight is 366 g/mol. The number of halogens is 2. The van der Waals surface area contributed by atoms with Crippen molar-refractivity contribution in [1.82, 2.24) is 9.78 Å². The molecule has 0 spiro atoms. The first kappa shape index (κ1) is 16.1. The molecule has 0 aliphatic rings. The van der Waals surface area contributed by atoms with Crippen LogP contribution >= 0.6 is 34.5 Å². The number of thiophene rings is 1. The molecule has 1 aromatic carbocycles. The number of anilines is 1. The van der Waals surface area contributed by atoms with Crippen LogP contribution in [-0.2, 0) is 6.54 Å². The van der Waals surface area contributed by atoms with E-state index >= 15 is 0 Å². The van der Waals surface area contributed by atoms with Crippen LogP contribution in [0.1, 0.15) is 20.8 Å². The molecule has 0 aliphatic carbocycles. The lowest BCUT2D eigenvalue weighted by atomic mass is 10.2. The summed E-state index contributed by atoms with van der Waals surface area (Å²) in [6.07, 6.45) is 3.39. The first-order chi connectivity index (χ1) is 11.0. The molecule has 0 saturated carbocycles. The normalized spacial score (nSPS) is 10.7. The summed E-state index contributed by atoms with van der Waals surface area (Å²) in [6.45, 7) is 2.42. The van der Waals surface area contributed by atoms with Crippen molar-refractivity contribution in [3.63, 3.8) is 0 Å². The number of amides is 1. The summed E-state index contributed by atoms with van der Waals surface area (Å²) >= 11 is 13.5. The molecule has 0 fully saturated rings. The Morgan fingerprint density at radius 2 is 2.17 bits per heavy atom. The number of aryl methyl sites for hydroxylation is 1. The maximum Gasteiger partial charge on any atom is 0.266 e. The second-order valence-corrected chi connectivity index (χ2v) is 6.81. The van der Waals surface area contributed by atoms with E-state index in [0.717, 1.165) is 11.1 Å². The molecule has 2 heterocycles. The summed E-state index contributed by atoms with van der Waals surface area (Å²) in [5.41, 5.74) is 2.52. The number of hydrogen-bond donors (Lipinski definition) is 1. The van der Waals surface area contributed by atoms with Crippen molar-refractivity contribution in [1.29, 1.82) is 0 Å². The van der Waals surface area contributed by atoms with Crippen molar-refractivity contribution >= 4 is 46.1 Å². The maximum absolute atomic E-state index is 12.2. The first-order valence-electron chi connectivity index (χ1n) is 6.85. The molecule has 0 radical (unpaired) electrons. The van der Waals surface area contributed by atoms with Crippen molar-refractivity contribution in [3.8, 4) is 0 Å². The molecule has 118 valence electrons. The molecule has 0 unspecified atom stereocenters. The number of hydrogen-bond acceptors (Lipinski definition) is 3. The number of nitrogens with one attached hydrogen (secondary N) is 1. The van der Waals surface area contributed by atoms with Gasteiger partial charge in [-0.3, -0.25) is 9.48 Å². The van der Waals surface area contributed by atoms with Gasteiger partial charge in [0.25, 0.3) is 5.91 Å². The molecule has 1 N–H and O–H groups in total. The minimum Gasteiger partial charge on any atom is -0.319 e. The lowest BCUT2D eigenvalue weighted by Crippen LogP contribution is -2.10. The zero-order valence-electron chi connectivity index (χ0n) is 12.2. The fourth-order valence-electron chi connectivity index (χ4n) is 2.13. The Kier molecular flexibility index (Phi) is 4.71. The number of nitrogens with zero attached hydrogens (tertiary/aromatic N) is 2. The van der Waals surface area contributed by atoms with Crippen LogP contribution in [0.25, 0.3) is 0 Å². The Morgan fingerprint density at radius 3 is 2.87 bits per heavy atom. The van der Waals surface area contributed by atoms with E-state index < -0.39 is 0 Å². The van der Waals surface area contributed by atoms with Crippen LogP contribution in [0.5, 0.6) is 0 Å². The smallest absolute Gasteiger partial charge is 0.266 e. The van der Waals surface area contributed by atoms with Gasteiger partial charge in [-0.2, -0.15) is 5.10 Å². The Balaban J connectivity index is 1.71. The summed E-state index contributed by atoms with van der Waals surface area (Å²) in [6, 6.07) is 7.27. The molecular formula is C16H13Cl2N3OS. The lowest BCUT2D eigenvalue weighted by Gasteiger charge is -2.05. The molecule has 23 heavy (non-hydrogen) atoms. The summed E-state index contributed by atoms with van der Waals surface area (Å²) < 4.78 is 1.71. The van der Waals surface area contributed by atoms with Crippen molar-refractivity contribution in [2.45, 2.75) is 13.5 Å². The topological polar surface area (TPSA) is 46.9 Å². The van der Waals surface area contributed by atoms with Crippen LogP contribution < -0.4 is 5.32 Å². The highest BCUT2D eigenvalue weighted by Crippen LogP contribution is 2.22. The lowest BCUT2D eigenvalue weighted by molar-refractivity contribution is 0.103. The van der Waals surface area contributed by atoms with Crippen molar-refractivity contribution in [3.05, 3.63) is 68.1 Å². The van der Waals surface area contributed by atoms with Gasteiger partial charge in [0.2, 0.25) is 0 Å². The van der Waals surface area contributed by atoms with Crippen LogP contribution in [0.15, 0.2) is 42.0 Å².